The van der Waals surface area contributed by atoms with E-state index in [1.165, 1.54) is 6.08 Å². The fourth-order valence-corrected chi connectivity index (χ4v) is 1.47. The number of benzene rings is 1. The fourth-order valence-electron chi connectivity index (χ4n) is 1.47. The van der Waals surface area contributed by atoms with Crippen LogP contribution in [0.1, 0.15) is 6.92 Å². The topological polar surface area (TPSA) is 44.1 Å². The van der Waals surface area contributed by atoms with Gasteiger partial charge in [-0.1, -0.05) is 6.08 Å². The van der Waals surface area contributed by atoms with Gasteiger partial charge >= 0.3 is 5.97 Å². The number of aryl methyl sites for hydroxylation is 1. The molecular formula is C12H12N2O2. The molecule has 0 aliphatic heterocycles. The second-order valence-corrected chi connectivity index (χ2v) is 3.43. The number of ether oxygens (including phenoxy) is 1. The average molecular weight is 216 g/mol. The van der Waals surface area contributed by atoms with Crippen LogP contribution in [0.25, 0.3) is 11.0 Å². The van der Waals surface area contributed by atoms with E-state index < -0.39 is 0 Å². The molecule has 0 fully saturated rings. The summed E-state index contributed by atoms with van der Waals surface area (Å²) in [6, 6.07) is 5.38. The number of carbonyl (C=O) groups excluding carboxylic acids is 1. The van der Waals surface area contributed by atoms with Crippen LogP contribution in [0.2, 0.25) is 0 Å². The van der Waals surface area contributed by atoms with Gasteiger partial charge in [0.1, 0.15) is 5.75 Å². The highest BCUT2D eigenvalue weighted by Gasteiger charge is 2.04. The molecule has 0 saturated carbocycles. The van der Waals surface area contributed by atoms with Crippen LogP contribution in [-0.2, 0) is 11.8 Å². The molecule has 4 nitrogen and oxygen atoms in total. The van der Waals surface area contributed by atoms with Gasteiger partial charge in [0.15, 0.2) is 0 Å². The summed E-state index contributed by atoms with van der Waals surface area (Å²) in [5, 5.41) is 0. The Morgan fingerprint density at radius 1 is 1.50 bits per heavy atom. The SMILES string of the molecule is CC=CC(=O)Oc1ccc2c(c1)ncn2C. The molecule has 0 bridgehead atoms. The van der Waals surface area contributed by atoms with Crippen LogP contribution in [-0.4, -0.2) is 15.5 Å². The van der Waals surface area contributed by atoms with E-state index in [-0.39, 0.29) is 5.97 Å². The number of esters is 1. The summed E-state index contributed by atoms with van der Waals surface area (Å²) >= 11 is 0. The summed E-state index contributed by atoms with van der Waals surface area (Å²) in [4.78, 5) is 15.4. The average Bonchev–Trinajstić information content (AvgIpc) is 2.60. The normalized spacial score (nSPS) is 11.1. The molecule has 1 aromatic heterocycles. The Labute approximate surface area is 93.2 Å². The lowest BCUT2D eigenvalue weighted by molar-refractivity contribution is -0.128. The summed E-state index contributed by atoms with van der Waals surface area (Å²) in [7, 11) is 1.92. The fraction of sp³-hybridized carbons (Fsp3) is 0.167. The Morgan fingerprint density at radius 3 is 3.06 bits per heavy atom. The molecule has 2 aromatic rings. The van der Waals surface area contributed by atoms with E-state index in [9.17, 15) is 4.79 Å². The summed E-state index contributed by atoms with van der Waals surface area (Å²) in [5.41, 5.74) is 1.82. The Bertz CT molecular complexity index is 555. The van der Waals surface area contributed by atoms with E-state index in [1.807, 2.05) is 17.7 Å². The number of hydrogen-bond donors (Lipinski definition) is 0. The number of rotatable bonds is 2. The third-order valence-corrected chi connectivity index (χ3v) is 2.22. The van der Waals surface area contributed by atoms with Crippen molar-refractivity contribution < 1.29 is 9.53 Å². The first-order valence-corrected chi connectivity index (χ1v) is 4.96. The molecule has 0 saturated heterocycles. The van der Waals surface area contributed by atoms with Gasteiger partial charge in [-0.15, -0.1) is 0 Å². The van der Waals surface area contributed by atoms with Crippen LogP contribution in [0.15, 0.2) is 36.7 Å². The van der Waals surface area contributed by atoms with E-state index in [4.69, 9.17) is 4.74 Å². The van der Waals surface area contributed by atoms with Gasteiger partial charge in [-0.05, 0) is 19.1 Å². The molecule has 1 aromatic carbocycles. The van der Waals surface area contributed by atoms with Crippen LogP contribution >= 0.6 is 0 Å². The molecule has 0 aliphatic carbocycles. The lowest BCUT2D eigenvalue weighted by Gasteiger charge is -2.01. The van der Waals surface area contributed by atoms with E-state index in [2.05, 4.69) is 4.98 Å². The minimum absolute atomic E-state index is 0.377. The molecule has 0 N–H and O–H groups in total. The van der Waals surface area contributed by atoms with Gasteiger partial charge < -0.3 is 9.30 Å². The number of aromatic nitrogens is 2. The number of carbonyl (C=O) groups is 1. The first-order valence-electron chi connectivity index (χ1n) is 4.96. The zero-order valence-electron chi connectivity index (χ0n) is 9.18. The van der Waals surface area contributed by atoms with Crippen LogP contribution in [0.3, 0.4) is 0 Å². The maximum absolute atomic E-state index is 11.2. The molecule has 0 amide bonds. The third kappa shape index (κ3) is 1.95. The van der Waals surface area contributed by atoms with Gasteiger partial charge in [-0.25, -0.2) is 9.78 Å². The molecule has 4 heteroatoms. The molecule has 82 valence electrons. The van der Waals surface area contributed by atoms with Gasteiger partial charge in [0.25, 0.3) is 0 Å². The zero-order valence-corrected chi connectivity index (χ0v) is 9.18. The Hall–Kier alpha value is -2.10. The molecule has 0 spiro atoms. The molecule has 0 radical (unpaired) electrons. The maximum atomic E-state index is 11.2. The van der Waals surface area contributed by atoms with E-state index in [0.29, 0.717) is 5.75 Å². The highest BCUT2D eigenvalue weighted by atomic mass is 16.5. The van der Waals surface area contributed by atoms with Gasteiger partial charge in [0.05, 0.1) is 17.4 Å². The molecular weight excluding hydrogens is 204 g/mol. The predicted molar refractivity (Wildman–Crippen MR) is 61.2 cm³/mol. The van der Waals surface area contributed by atoms with Crippen molar-refractivity contribution in [3.63, 3.8) is 0 Å². The van der Waals surface area contributed by atoms with Gasteiger partial charge in [-0.3, -0.25) is 0 Å². The van der Waals surface area contributed by atoms with Gasteiger partial charge in [-0.2, -0.15) is 0 Å². The Morgan fingerprint density at radius 2 is 2.31 bits per heavy atom. The maximum Gasteiger partial charge on any atom is 0.335 e. The lowest BCUT2D eigenvalue weighted by atomic mass is 10.3. The van der Waals surface area contributed by atoms with Crippen LogP contribution < -0.4 is 4.74 Å². The number of imidazole rings is 1. The highest BCUT2D eigenvalue weighted by Crippen LogP contribution is 2.19. The Kier molecular flexibility index (Phi) is 2.72. The molecule has 2 rings (SSSR count). The minimum Gasteiger partial charge on any atom is -0.423 e. The standard InChI is InChI=1S/C12H12N2O2/c1-3-4-12(15)16-9-5-6-11-10(7-9)13-8-14(11)2/h3-8H,1-2H3. The van der Waals surface area contributed by atoms with Crippen molar-refractivity contribution in [3.8, 4) is 5.75 Å². The van der Waals surface area contributed by atoms with Crippen molar-refractivity contribution in [3.05, 3.63) is 36.7 Å². The van der Waals surface area contributed by atoms with Crippen LogP contribution in [0.5, 0.6) is 5.75 Å². The van der Waals surface area contributed by atoms with Crippen molar-refractivity contribution in [1.82, 2.24) is 9.55 Å². The number of nitrogens with zero attached hydrogens (tertiary/aromatic N) is 2. The van der Waals surface area contributed by atoms with Crippen LogP contribution in [0, 0.1) is 0 Å². The second-order valence-electron chi connectivity index (χ2n) is 3.43. The summed E-state index contributed by atoms with van der Waals surface area (Å²) in [6.45, 7) is 1.77. The summed E-state index contributed by atoms with van der Waals surface area (Å²) in [6.07, 6.45) is 4.74. The molecule has 0 atom stereocenters. The zero-order chi connectivity index (χ0) is 11.5. The lowest BCUT2D eigenvalue weighted by Crippen LogP contribution is -2.03. The number of allylic oxidation sites excluding steroid dienone is 1. The third-order valence-electron chi connectivity index (χ3n) is 2.22. The molecule has 16 heavy (non-hydrogen) atoms. The van der Waals surface area contributed by atoms with Crippen molar-refractivity contribution in [2.24, 2.45) is 7.05 Å². The predicted octanol–water partition coefficient (Wildman–Crippen LogP) is 2.05. The van der Waals surface area contributed by atoms with E-state index in [1.54, 1.807) is 31.5 Å². The highest BCUT2D eigenvalue weighted by molar-refractivity contribution is 5.85. The van der Waals surface area contributed by atoms with E-state index in [0.717, 1.165) is 11.0 Å². The largest absolute Gasteiger partial charge is 0.423 e. The quantitative estimate of drug-likeness (QED) is 0.438. The first kappa shape index (κ1) is 10.4. The first-order chi connectivity index (χ1) is 7.70. The molecule has 1 heterocycles. The second kappa shape index (κ2) is 4.18. The van der Waals surface area contributed by atoms with Gasteiger partial charge in [0.2, 0.25) is 0 Å². The molecule has 0 unspecified atom stereocenters. The summed E-state index contributed by atoms with van der Waals surface area (Å²) in [5.74, 6) is 0.132. The van der Waals surface area contributed by atoms with Crippen LogP contribution in [0.4, 0.5) is 0 Å². The monoisotopic (exact) mass is 216 g/mol. The minimum atomic E-state index is -0.377. The van der Waals surface area contributed by atoms with E-state index >= 15 is 0 Å². The number of hydrogen-bond acceptors (Lipinski definition) is 3. The van der Waals surface area contributed by atoms with Crippen molar-refractivity contribution >= 4 is 17.0 Å². The number of fused-ring (bicyclic) bond motifs is 1. The molecule has 0 aliphatic rings. The van der Waals surface area contributed by atoms with Crippen molar-refractivity contribution in [2.45, 2.75) is 6.92 Å². The smallest absolute Gasteiger partial charge is 0.335 e. The van der Waals surface area contributed by atoms with Crippen molar-refractivity contribution in [2.75, 3.05) is 0 Å². The van der Waals surface area contributed by atoms with Crippen molar-refractivity contribution in [1.29, 1.82) is 0 Å². The Balaban J connectivity index is 2.29. The summed E-state index contributed by atoms with van der Waals surface area (Å²) < 4.78 is 7.01. The van der Waals surface area contributed by atoms with Gasteiger partial charge in [0, 0.05) is 19.2 Å².